The van der Waals surface area contributed by atoms with E-state index in [1.165, 1.54) is 16.3 Å². The van der Waals surface area contributed by atoms with Crippen molar-refractivity contribution in [3.8, 4) is 22.4 Å². The lowest BCUT2D eigenvalue weighted by Crippen LogP contribution is -2.12. The fourth-order valence-corrected chi connectivity index (χ4v) is 3.93. The van der Waals surface area contributed by atoms with Crippen LogP contribution in [0.3, 0.4) is 0 Å². The largest absolute Gasteiger partial charge is 0.464 e. The normalized spacial score (nSPS) is 12.0. The lowest BCUT2D eigenvalue weighted by molar-refractivity contribution is 0.596. The van der Waals surface area contributed by atoms with Crippen molar-refractivity contribution in [3.63, 3.8) is 0 Å². The maximum atomic E-state index is 5.71. The molecule has 0 aliphatic heterocycles. The molecule has 142 valence electrons. The Kier molecular flexibility index (Phi) is 3.99. The highest BCUT2D eigenvalue weighted by Crippen LogP contribution is 2.36. The lowest BCUT2D eigenvalue weighted by Gasteiger charge is -2.22. The van der Waals surface area contributed by atoms with Crippen molar-refractivity contribution < 1.29 is 4.42 Å². The van der Waals surface area contributed by atoms with Crippen LogP contribution in [-0.4, -0.2) is 9.97 Å². The summed E-state index contributed by atoms with van der Waals surface area (Å²) in [5.74, 6) is 0. The standard InChI is InChI=1S/C26H22N2O/c1-26(2,3)23-13-19(12-17-6-4-5-7-20(17)23)24-14-18(8-11-28-24)22-16-29-25-9-10-27-15-21(22)25/h4-16H,1-3H3. The maximum Gasteiger partial charge on any atom is 0.137 e. The van der Waals surface area contributed by atoms with E-state index in [1.807, 2.05) is 24.5 Å². The topological polar surface area (TPSA) is 38.9 Å². The van der Waals surface area contributed by atoms with Gasteiger partial charge in [0.2, 0.25) is 0 Å². The van der Waals surface area contributed by atoms with Crippen molar-refractivity contribution >= 4 is 21.7 Å². The number of benzene rings is 2. The Hall–Kier alpha value is -3.46. The first-order chi connectivity index (χ1) is 14.0. The van der Waals surface area contributed by atoms with Crippen molar-refractivity contribution in [3.05, 3.63) is 85.0 Å². The van der Waals surface area contributed by atoms with Crippen LogP contribution in [-0.2, 0) is 5.41 Å². The van der Waals surface area contributed by atoms with Crippen LogP contribution < -0.4 is 0 Å². The van der Waals surface area contributed by atoms with Gasteiger partial charge in [0.15, 0.2) is 0 Å². The molecule has 3 nitrogen and oxygen atoms in total. The molecular weight excluding hydrogens is 356 g/mol. The summed E-state index contributed by atoms with van der Waals surface area (Å²) in [6.45, 7) is 6.77. The quantitative estimate of drug-likeness (QED) is 0.332. The monoisotopic (exact) mass is 378 g/mol. The molecule has 5 aromatic rings. The number of aromatic nitrogens is 2. The van der Waals surface area contributed by atoms with Gasteiger partial charge in [-0.15, -0.1) is 0 Å². The SMILES string of the molecule is CC(C)(C)c1cc(-c2cc(-c3coc4ccncc34)ccn2)cc2ccccc12. The average molecular weight is 378 g/mol. The van der Waals surface area contributed by atoms with Crippen LogP contribution in [0.25, 0.3) is 44.1 Å². The summed E-state index contributed by atoms with van der Waals surface area (Å²) in [6, 6.07) is 19.1. The molecule has 0 saturated heterocycles. The van der Waals surface area contributed by atoms with Crippen molar-refractivity contribution in [2.24, 2.45) is 0 Å². The van der Waals surface area contributed by atoms with Gasteiger partial charge in [-0.2, -0.15) is 0 Å². The predicted octanol–water partition coefficient (Wildman–Crippen LogP) is 7.01. The maximum absolute atomic E-state index is 5.71. The van der Waals surface area contributed by atoms with E-state index in [-0.39, 0.29) is 5.41 Å². The zero-order chi connectivity index (χ0) is 20.0. The molecule has 0 aliphatic rings. The van der Waals surface area contributed by atoms with Crippen molar-refractivity contribution in [1.82, 2.24) is 9.97 Å². The van der Waals surface area contributed by atoms with Crippen molar-refractivity contribution in [2.45, 2.75) is 26.2 Å². The van der Waals surface area contributed by atoms with Crippen LogP contribution in [0, 0.1) is 0 Å². The summed E-state index contributed by atoms with van der Waals surface area (Å²) in [5.41, 5.74) is 6.41. The summed E-state index contributed by atoms with van der Waals surface area (Å²) in [4.78, 5) is 8.93. The number of hydrogen-bond acceptors (Lipinski definition) is 3. The van der Waals surface area contributed by atoms with Crippen LogP contribution in [0.1, 0.15) is 26.3 Å². The van der Waals surface area contributed by atoms with Gasteiger partial charge in [-0.3, -0.25) is 9.97 Å². The molecule has 0 spiro atoms. The second kappa shape index (κ2) is 6.56. The smallest absolute Gasteiger partial charge is 0.137 e. The molecule has 5 rings (SSSR count). The zero-order valence-electron chi connectivity index (χ0n) is 16.8. The van der Waals surface area contributed by atoms with Crippen LogP contribution >= 0.6 is 0 Å². The number of pyridine rings is 2. The molecule has 0 atom stereocenters. The third-order valence-electron chi connectivity index (χ3n) is 5.41. The molecular formula is C26H22N2O. The molecule has 29 heavy (non-hydrogen) atoms. The van der Waals surface area contributed by atoms with Gasteiger partial charge >= 0.3 is 0 Å². The second-order valence-electron chi connectivity index (χ2n) is 8.45. The van der Waals surface area contributed by atoms with E-state index in [0.717, 1.165) is 33.4 Å². The summed E-state index contributed by atoms with van der Waals surface area (Å²) in [7, 11) is 0. The first-order valence-electron chi connectivity index (χ1n) is 9.82. The van der Waals surface area contributed by atoms with E-state index in [0.29, 0.717) is 0 Å². The van der Waals surface area contributed by atoms with Gasteiger partial charge in [-0.25, -0.2) is 0 Å². The van der Waals surface area contributed by atoms with Gasteiger partial charge in [0.25, 0.3) is 0 Å². The molecule has 2 aromatic carbocycles. The Morgan fingerprint density at radius 3 is 2.55 bits per heavy atom. The van der Waals surface area contributed by atoms with Gasteiger partial charge in [-0.05, 0) is 57.6 Å². The molecule has 3 heterocycles. The zero-order valence-corrected chi connectivity index (χ0v) is 16.8. The van der Waals surface area contributed by atoms with Crippen LogP contribution in [0.15, 0.2) is 83.9 Å². The summed E-state index contributed by atoms with van der Waals surface area (Å²) in [6.07, 6.45) is 7.26. The van der Waals surface area contributed by atoms with Crippen LogP contribution in [0.5, 0.6) is 0 Å². The number of furan rings is 1. The van der Waals surface area contributed by atoms with Gasteiger partial charge < -0.3 is 4.42 Å². The Morgan fingerprint density at radius 2 is 1.69 bits per heavy atom. The second-order valence-corrected chi connectivity index (χ2v) is 8.45. The Morgan fingerprint density at radius 1 is 0.828 bits per heavy atom. The highest BCUT2D eigenvalue weighted by molar-refractivity contribution is 5.95. The highest BCUT2D eigenvalue weighted by Gasteiger charge is 2.19. The van der Waals surface area contributed by atoms with E-state index in [2.05, 4.69) is 73.2 Å². The predicted molar refractivity (Wildman–Crippen MR) is 119 cm³/mol. The number of nitrogens with zero attached hydrogens (tertiary/aromatic N) is 2. The molecule has 0 fully saturated rings. The fourth-order valence-electron chi connectivity index (χ4n) is 3.93. The first-order valence-corrected chi connectivity index (χ1v) is 9.82. The van der Waals surface area contributed by atoms with E-state index < -0.39 is 0 Å². The average Bonchev–Trinajstić information content (AvgIpc) is 3.16. The molecule has 0 radical (unpaired) electrons. The molecule has 0 saturated carbocycles. The third kappa shape index (κ3) is 3.09. The molecule has 3 heteroatoms. The highest BCUT2D eigenvalue weighted by atomic mass is 16.3. The van der Waals surface area contributed by atoms with E-state index in [1.54, 1.807) is 12.5 Å². The molecule has 0 unspecified atom stereocenters. The van der Waals surface area contributed by atoms with Crippen LogP contribution in [0.2, 0.25) is 0 Å². The summed E-state index contributed by atoms with van der Waals surface area (Å²) in [5, 5.41) is 3.55. The van der Waals surface area contributed by atoms with E-state index in [4.69, 9.17) is 4.42 Å². The Balaban J connectivity index is 1.69. The van der Waals surface area contributed by atoms with Crippen molar-refractivity contribution in [1.29, 1.82) is 0 Å². The van der Waals surface area contributed by atoms with Gasteiger partial charge in [-0.1, -0.05) is 45.0 Å². The minimum absolute atomic E-state index is 0.0413. The summed E-state index contributed by atoms with van der Waals surface area (Å²) >= 11 is 0. The van der Waals surface area contributed by atoms with E-state index in [9.17, 15) is 0 Å². The van der Waals surface area contributed by atoms with Gasteiger partial charge in [0.05, 0.1) is 12.0 Å². The molecule has 0 N–H and O–H groups in total. The summed E-state index contributed by atoms with van der Waals surface area (Å²) < 4.78 is 5.71. The van der Waals surface area contributed by atoms with Crippen molar-refractivity contribution in [2.75, 3.05) is 0 Å². The van der Waals surface area contributed by atoms with E-state index >= 15 is 0 Å². The van der Waals surface area contributed by atoms with Gasteiger partial charge in [0.1, 0.15) is 5.58 Å². The number of rotatable bonds is 2. The molecule has 0 bridgehead atoms. The lowest BCUT2D eigenvalue weighted by atomic mass is 9.82. The molecule has 0 aliphatic carbocycles. The van der Waals surface area contributed by atoms with Crippen LogP contribution in [0.4, 0.5) is 0 Å². The van der Waals surface area contributed by atoms with Gasteiger partial charge in [0, 0.05) is 35.1 Å². The number of fused-ring (bicyclic) bond motifs is 2. The molecule has 3 aromatic heterocycles. The Bertz CT molecular complexity index is 1340. The number of hydrogen-bond donors (Lipinski definition) is 0. The Labute approximate surface area is 170 Å². The first kappa shape index (κ1) is 17.6. The molecule has 0 amide bonds. The minimum atomic E-state index is 0.0413. The fraction of sp³-hybridized carbons (Fsp3) is 0.154. The minimum Gasteiger partial charge on any atom is -0.464 e. The third-order valence-corrected chi connectivity index (χ3v) is 5.41.